The molecule has 1 spiro atoms. The van der Waals surface area contributed by atoms with E-state index in [4.69, 9.17) is 0 Å². The lowest BCUT2D eigenvalue weighted by Gasteiger charge is -2.46. The molecule has 0 aliphatic carbocycles. The monoisotopic (exact) mass is 379 g/mol. The van der Waals surface area contributed by atoms with Gasteiger partial charge in [-0.3, -0.25) is 9.69 Å². The van der Waals surface area contributed by atoms with Crippen molar-refractivity contribution in [2.45, 2.75) is 25.0 Å². The Morgan fingerprint density at radius 1 is 1.04 bits per heavy atom. The van der Waals surface area contributed by atoms with Gasteiger partial charge in [-0.15, -0.1) is 12.4 Å². The maximum atomic E-state index is 13.8. The first-order chi connectivity index (χ1) is 12.0. The van der Waals surface area contributed by atoms with E-state index >= 15 is 0 Å². The van der Waals surface area contributed by atoms with E-state index in [2.05, 4.69) is 15.5 Å². The fraction of sp³-hybridized carbons (Fsp3) is 0.316. The summed E-state index contributed by atoms with van der Waals surface area (Å²) in [6, 6.07) is 11.0. The number of halogens is 3. The molecule has 4 nitrogen and oxygen atoms in total. The van der Waals surface area contributed by atoms with E-state index in [1.54, 1.807) is 6.07 Å². The number of nitrogens with zero attached hydrogens (tertiary/aromatic N) is 1. The molecule has 1 fully saturated rings. The Labute approximate surface area is 157 Å². The molecule has 2 heterocycles. The van der Waals surface area contributed by atoms with Crippen molar-refractivity contribution < 1.29 is 13.6 Å². The lowest BCUT2D eigenvalue weighted by atomic mass is 9.92. The Balaban J connectivity index is 0.00000196. The van der Waals surface area contributed by atoms with E-state index in [1.807, 2.05) is 18.2 Å². The summed E-state index contributed by atoms with van der Waals surface area (Å²) in [7, 11) is 0. The van der Waals surface area contributed by atoms with Crippen LogP contribution in [0.2, 0.25) is 0 Å². The number of carbonyl (C=O) groups is 1. The van der Waals surface area contributed by atoms with Crippen LogP contribution in [0.4, 0.5) is 14.5 Å². The van der Waals surface area contributed by atoms with Crippen LogP contribution in [0.25, 0.3) is 0 Å². The zero-order valence-corrected chi connectivity index (χ0v) is 14.9. The molecule has 0 aromatic heterocycles. The number of piperidine rings is 1. The quantitative estimate of drug-likeness (QED) is 0.839. The standard InChI is InChI=1S/C19H19F2N3O.ClH/c20-14-5-6-16(21)13(11-14)12-24-9-7-19(8-10-24)22-17-4-2-1-3-15(17)18(25)23-19;/h1-6,11,22H,7-10,12H2,(H,23,25);1H. The summed E-state index contributed by atoms with van der Waals surface area (Å²) in [5.41, 5.74) is 1.39. The summed E-state index contributed by atoms with van der Waals surface area (Å²) in [4.78, 5) is 14.4. The largest absolute Gasteiger partial charge is 0.362 e. The predicted molar refractivity (Wildman–Crippen MR) is 98.4 cm³/mol. The highest BCUT2D eigenvalue weighted by Gasteiger charge is 2.39. The molecule has 0 unspecified atom stereocenters. The molecule has 0 saturated carbocycles. The normalized spacial score (nSPS) is 18.5. The number of likely N-dealkylation sites (tertiary alicyclic amines) is 1. The summed E-state index contributed by atoms with van der Waals surface area (Å²) >= 11 is 0. The van der Waals surface area contributed by atoms with Crippen molar-refractivity contribution in [2.24, 2.45) is 0 Å². The van der Waals surface area contributed by atoms with Gasteiger partial charge in [0.15, 0.2) is 0 Å². The van der Waals surface area contributed by atoms with Crippen LogP contribution in [0.1, 0.15) is 28.8 Å². The van der Waals surface area contributed by atoms with Crippen LogP contribution in [0.3, 0.4) is 0 Å². The SMILES string of the molecule is Cl.O=C1NC2(CCN(Cc3cc(F)ccc3F)CC2)Nc2ccccc21. The fourth-order valence-electron chi connectivity index (χ4n) is 3.61. The van der Waals surface area contributed by atoms with Crippen molar-refractivity contribution >= 4 is 24.0 Å². The Kier molecular flexibility index (Phi) is 5.16. The Morgan fingerprint density at radius 3 is 2.54 bits per heavy atom. The van der Waals surface area contributed by atoms with Crippen LogP contribution < -0.4 is 10.6 Å². The molecular formula is C19H20ClF2N3O. The van der Waals surface area contributed by atoms with Crippen LogP contribution in [0.5, 0.6) is 0 Å². The number of fused-ring (bicyclic) bond motifs is 1. The summed E-state index contributed by atoms with van der Waals surface area (Å²) in [5.74, 6) is -0.888. The Bertz CT molecular complexity index is 822. The molecule has 4 rings (SSSR count). The first kappa shape index (κ1) is 18.6. The molecule has 0 radical (unpaired) electrons. The van der Waals surface area contributed by atoms with Crippen molar-refractivity contribution in [3.63, 3.8) is 0 Å². The molecular weight excluding hydrogens is 360 g/mol. The van der Waals surface area contributed by atoms with Crippen LogP contribution in [0.15, 0.2) is 42.5 Å². The third-order valence-corrected chi connectivity index (χ3v) is 5.01. The second kappa shape index (κ2) is 7.21. The van der Waals surface area contributed by atoms with Crippen molar-refractivity contribution in [2.75, 3.05) is 18.4 Å². The molecule has 0 bridgehead atoms. The van der Waals surface area contributed by atoms with E-state index in [1.165, 1.54) is 6.07 Å². The summed E-state index contributed by atoms with van der Waals surface area (Å²) < 4.78 is 27.2. The highest BCUT2D eigenvalue weighted by molar-refractivity contribution is 6.02. The topological polar surface area (TPSA) is 44.4 Å². The smallest absolute Gasteiger partial charge is 0.255 e. The first-order valence-corrected chi connectivity index (χ1v) is 8.41. The number of para-hydroxylation sites is 1. The number of rotatable bonds is 2. The average molecular weight is 380 g/mol. The molecule has 2 N–H and O–H groups in total. The van der Waals surface area contributed by atoms with Crippen LogP contribution in [0, 0.1) is 11.6 Å². The van der Waals surface area contributed by atoms with Crippen LogP contribution >= 0.6 is 12.4 Å². The minimum Gasteiger partial charge on any atom is -0.362 e. The van der Waals surface area contributed by atoms with Gasteiger partial charge >= 0.3 is 0 Å². The van der Waals surface area contributed by atoms with E-state index < -0.39 is 11.5 Å². The highest BCUT2D eigenvalue weighted by Crippen LogP contribution is 2.31. The predicted octanol–water partition coefficient (Wildman–Crippen LogP) is 3.53. The lowest BCUT2D eigenvalue weighted by molar-refractivity contribution is 0.0821. The Hall–Kier alpha value is -2.18. The summed E-state index contributed by atoms with van der Waals surface area (Å²) in [5, 5.41) is 6.54. The molecule has 2 aromatic carbocycles. The van der Waals surface area contributed by atoms with Gasteiger partial charge in [0.2, 0.25) is 0 Å². The van der Waals surface area contributed by atoms with Gasteiger partial charge in [-0.05, 0) is 30.3 Å². The number of amides is 1. The lowest BCUT2D eigenvalue weighted by Crippen LogP contribution is -2.62. The van der Waals surface area contributed by atoms with Gasteiger partial charge in [0.25, 0.3) is 5.91 Å². The average Bonchev–Trinajstić information content (AvgIpc) is 2.60. The number of benzene rings is 2. The molecule has 1 saturated heterocycles. The van der Waals surface area contributed by atoms with Gasteiger partial charge in [0, 0.05) is 43.7 Å². The molecule has 2 aliphatic heterocycles. The van der Waals surface area contributed by atoms with Crippen molar-refractivity contribution in [3.8, 4) is 0 Å². The minimum absolute atomic E-state index is 0. The number of hydrogen-bond donors (Lipinski definition) is 2. The molecule has 2 aromatic rings. The zero-order chi connectivity index (χ0) is 17.4. The maximum absolute atomic E-state index is 13.8. The molecule has 0 atom stereocenters. The van der Waals surface area contributed by atoms with Crippen molar-refractivity contribution in [3.05, 3.63) is 65.2 Å². The number of nitrogens with one attached hydrogen (secondary N) is 2. The zero-order valence-electron chi connectivity index (χ0n) is 14.1. The summed E-state index contributed by atoms with van der Waals surface area (Å²) in [6.07, 6.45) is 1.40. The van der Waals surface area contributed by atoms with Crippen molar-refractivity contribution in [1.29, 1.82) is 0 Å². The summed E-state index contributed by atoms with van der Waals surface area (Å²) in [6.45, 7) is 1.74. The van der Waals surface area contributed by atoms with Crippen LogP contribution in [-0.4, -0.2) is 29.6 Å². The third kappa shape index (κ3) is 3.52. The van der Waals surface area contributed by atoms with E-state index in [0.29, 0.717) is 43.6 Å². The van der Waals surface area contributed by atoms with Gasteiger partial charge in [0.05, 0.1) is 5.56 Å². The van der Waals surface area contributed by atoms with E-state index in [-0.39, 0.29) is 24.1 Å². The number of hydrogen-bond acceptors (Lipinski definition) is 3. The second-order valence-corrected chi connectivity index (χ2v) is 6.72. The molecule has 26 heavy (non-hydrogen) atoms. The first-order valence-electron chi connectivity index (χ1n) is 8.41. The maximum Gasteiger partial charge on any atom is 0.255 e. The van der Waals surface area contributed by atoms with E-state index in [0.717, 1.165) is 17.8 Å². The van der Waals surface area contributed by atoms with E-state index in [9.17, 15) is 13.6 Å². The van der Waals surface area contributed by atoms with Crippen molar-refractivity contribution in [1.82, 2.24) is 10.2 Å². The molecule has 138 valence electrons. The van der Waals surface area contributed by atoms with Gasteiger partial charge in [-0.25, -0.2) is 8.78 Å². The highest BCUT2D eigenvalue weighted by atomic mass is 35.5. The van der Waals surface area contributed by atoms with Gasteiger partial charge in [-0.2, -0.15) is 0 Å². The molecule has 7 heteroatoms. The van der Waals surface area contributed by atoms with Crippen LogP contribution in [-0.2, 0) is 6.54 Å². The minimum atomic E-state index is -0.470. The number of anilines is 1. The molecule has 1 amide bonds. The van der Waals surface area contributed by atoms with Gasteiger partial charge in [0.1, 0.15) is 17.3 Å². The van der Waals surface area contributed by atoms with Gasteiger partial charge in [-0.1, -0.05) is 12.1 Å². The Morgan fingerprint density at radius 2 is 1.77 bits per heavy atom. The second-order valence-electron chi connectivity index (χ2n) is 6.72. The molecule has 2 aliphatic rings. The number of carbonyl (C=O) groups excluding carboxylic acids is 1. The fourth-order valence-corrected chi connectivity index (χ4v) is 3.61. The third-order valence-electron chi connectivity index (χ3n) is 5.01. The van der Waals surface area contributed by atoms with Gasteiger partial charge < -0.3 is 10.6 Å².